The minimum absolute atomic E-state index is 0.176. The standard InChI is InChI=1S/C13H25N3O3S/c1-15(2)20(18,19)10-4-8-16-9-6-13(11-16)5-3-7-14-12(13)17/h3-11H2,1-2H3,(H,14,17). The van der Waals surface area contributed by atoms with Crippen LogP contribution in [0.25, 0.3) is 0 Å². The Hall–Kier alpha value is -0.660. The fourth-order valence-corrected chi connectivity index (χ4v) is 3.98. The van der Waals surface area contributed by atoms with E-state index < -0.39 is 10.0 Å². The lowest BCUT2D eigenvalue weighted by molar-refractivity contribution is -0.132. The number of carbonyl (C=O) groups excluding carboxylic acids is 1. The number of hydrogen-bond donors (Lipinski definition) is 1. The molecule has 116 valence electrons. The highest BCUT2D eigenvalue weighted by Crippen LogP contribution is 2.37. The van der Waals surface area contributed by atoms with E-state index in [1.165, 1.54) is 4.31 Å². The number of piperidine rings is 1. The molecule has 2 fully saturated rings. The summed E-state index contributed by atoms with van der Waals surface area (Å²) in [6.45, 7) is 3.22. The Balaban J connectivity index is 1.81. The van der Waals surface area contributed by atoms with Gasteiger partial charge in [0.15, 0.2) is 0 Å². The van der Waals surface area contributed by atoms with Crippen molar-refractivity contribution in [2.45, 2.75) is 25.7 Å². The van der Waals surface area contributed by atoms with Gasteiger partial charge in [-0.05, 0) is 38.8 Å². The Bertz CT molecular complexity index is 463. The van der Waals surface area contributed by atoms with Crippen LogP contribution < -0.4 is 5.32 Å². The Morgan fingerprint density at radius 3 is 2.75 bits per heavy atom. The SMILES string of the molecule is CN(C)S(=O)(=O)CCCN1CCC2(CCCNC2=O)C1. The normalized spacial score (nSPS) is 28.2. The molecule has 0 radical (unpaired) electrons. The number of nitrogens with one attached hydrogen (secondary N) is 1. The van der Waals surface area contributed by atoms with Gasteiger partial charge in [-0.2, -0.15) is 0 Å². The molecule has 2 saturated heterocycles. The van der Waals surface area contributed by atoms with Crippen LogP contribution in [0.1, 0.15) is 25.7 Å². The predicted octanol–water partition coefficient (Wildman–Crippen LogP) is -0.130. The van der Waals surface area contributed by atoms with E-state index in [0.717, 1.165) is 45.4 Å². The highest BCUT2D eigenvalue weighted by molar-refractivity contribution is 7.89. The summed E-state index contributed by atoms with van der Waals surface area (Å²) in [5.41, 5.74) is -0.210. The third-order valence-corrected chi connectivity index (χ3v) is 6.38. The minimum Gasteiger partial charge on any atom is -0.356 e. The van der Waals surface area contributed by atoms with Crippen molar-refractivity contribution < 1.29 is 13.2 Å². The van der Waals surface area contributed by atoms with Crippen molar-refractivity contribution in [3.8, 4) is 0 Å². The first-order valence-electron chi connectivity index (χ1n) is 7.27. The molecule has 1 spiro atoms. The lowest BCUT2D eigenvalue weighted by atomic mass is 9.79. The number of sulfonamides is 1. The van der Waals surface area contributed by atoms with E-state index in [2.05, 4.69) is 10.2 Å². The summed E-state index contributed by atoms with van der Waals surface area (Å²) in [4.78, 5) is 14.3. The maximum atomic E-state index is 12.0. The van der Waals surface area contributed by atoms with E-state index in [1.54, 1.807) is 14.1 Å². The second-order valence-electron chi connectivity index (χ2n) is 6.12. The molecular formula is C13H25N3O3S. The first-order chi connectivity index (χ1) is 9.36. The molecule has 1 atom stereocenters. The molecule has 7 heteroatoms. The fraction of sp³-hybridized carbons (Fsp3) is 0.923. The predicted molar refractivity (Wildman–Crippen MR) is 77.8 cm³/mol. The lowest BCUT2D eigenvalue weighted by Gasteiger charge is -2.32. The number of nitrogens with zero attached hydrogens (tertiary/aromatic N) is 2. The summed E-state index contributed by atoms with van der Waals surface area (Å²) in [5, 5.41) is 2.96. The van der Waals surface area contributed by atoms with Crippen LogP contribution >= 0.6 is 0 Å². The van der Waals surface area contributed by atoms with Gasteiger partial charge < -0.3 is 10.2 Å². The van der Waals surface area contributed by atoms with Gasteiger partial charge in [0.2, 0.25) is 15.9 Å². The van der Waals surface area contributed by atoms with E-state index in [-0.39, 0.29) is 17.1 Å². The smallest absolute Gasteiger partial charge is 0.227 e. The van der Waals surface area contributed by atoms with Gasteiger partial charge in [0.05, 0.1) is 11.2 Å². The molecule has 0 aromatic heterocycles. The van der Waals surface area contributed by atoms with E-state index >= 15 is 0 Å². The third-order valence-electron chi connectivity index (χ3n) is 4.47. The van der Waals surface area contributed by atoms with Crippen molar-refractivity contribution in [3.05, 3.63) is 0 Å². The van der Waals surface area contributed by atoms with Crippen molar-refractivity contribution in [1.82, 2.24) is 14.5 Å². The van der Waals surface area contributed by atoms with Gasteiger partial charge in [0.1, 0.15) is 0 Å². The Morgan fingerprint density at radius 1 is 1.35 bits per heavy atom. The number of rotatable bonds is 5. The average molecular weight is 303 g/mol. The molecule has 0 aliphatic carbocycles. The maximum Gasteiger partial charge on any atom is 0.227 e. The molecule has 20 heavy (non-hydrogen) atoms. The molecule has 1 unspecified atom stereocenters. The van der Waals surface area contributed by atoms with Gasteiger partial charge in [-0.25, -0.2) is 12.7 Å². The van der Waals surface area contributed by atoms with Crippen molar-refractivity contribution >= 4 is 15.9 Å². The Labute approximate surface area is 121 Å². The highest BCUT2D eigenvalue weighted by atomic mass is 32.2. The zero-order valence-corrected chi connectivity index (χ0v) is 13.2. The summed E-state index contributed by atoms with van der Waals surface area (Å²) in [5.74, 6) is 0.363. The largest absolute Gasteiger partial charge is 0.356 e. The van der Waals surface area contributed by atoms with Gasteiger partial charge in [0.25, 0.3) is 0 Å². The van der Waals surface area contributed by atoms with Crippen molar-refractivity contribution in [2.24, 2.45) is 5.41 Å². The zero-order chi connectivity index (χ0) is 14.8. The second-order valence-corrected chi connectivity index (χ2v) is 8.42. The van der Waals surface area contributed by atoms with Gasteiger partial charge in [-0.1, -0.05) is 0 Å². The number of likely N-dealkylation sites (tertiary alicyclic amines) is 1. The van der Waals surface area contributed by atoms with E-state index in [1.807, 2.05) is 0 Å². The molecule has 2 heterocycles. The molecule has 6 nitrogen and oxygen atoms in total. The monoisotopic (exact) mass is 303 g/mol. The van der Waals surface area contributed by atoms with Gasteiger partial charge >= 0.3 is 0 Å². The van der Waals surface area contributed by atoms with Crippen molar-refractivity contribution in [3.63, 3.8) is 0 Å². The van der Waals surface area contributed by atoms with Crippen LogP contribution in [0, 0.1) is 5.41 Å². The quantitative estimate of drug-likeness (QED) is 0.768. The molecular weight excluding hydrogens is 278 g/mol. The second kappa shape index (κ2) is 5.99. The summed E-state index contributed by atoms with van der Waals surface area (Å²) in [6, 6.07) is 0. The topological polar surface area (TPSA) is 69.7 Å². The highest BCUT2D eigenvalue weighted by Gasteiger charge is 2.45. The molecule has 2 aliphatic rings. The van der Waals surface area contributed by atoms with Crippen molar-refractivity contribution in [2.75, 3.05) is 46.0 Å². The van der Waals surface area contributed by atoms with Crippen LogP contribution in [-0.2, 0) is 14.8 Å². The van der Waals surface area contributed by atoms with Crippen molar-refractivity contribution in [1.29, 1.82) is 0 Å². The van der Waals surface area contributed by atoms with E-state index in [4.69, 9.17) is 0 Å². The maximum absolute atomic E-state index is 12.0. The molecule has 2 aliphatic heterocycles. The molecule has 0 saturated carbocycles. The molecule has 0 bridgehead atoms. The number of hydrogen-bond acceptors (Lipinski definition) is 4. The van der Waals surface area contributed by atoms with Crippen LogP contribution in [0.5, 0.6) is 0 Å². The molecule has 0 aromatic rings. The number of carbonyl (C=O) groups is 1. The summed E-state index contributed by atoms with van der Waals surface area (Å²) >= 11 is 0. The fourth-order valence-electron chi connectivity index (χ4n) is 3.12. The van der Waals surface area contributed by atoms with E-state index in [9.17, 15) is 13.2 Å². The summed E-state index contributed by atoms with van der Waals surface area (Å²) in [6.07, 6.45) is 3.54. The van der Waals surface area contributed by atoms with Crippen LogP contribution in [0.15, 0.2) is 0 Å². The Morgan fingerprint density at radius 2 is 2.10 bits per heavy atom. The molecule has 1 amide bonds. The summed E-state index contributed by atoms with van der Waals surface area (Å²) in [7, 11) is 0.0175. The van der Waals surface area contributed by atoms with Gasteiger partial charge in [-0.15, -0.1) is 0 Å². The van der Waals surface area contributed by atoms with Crippen LogP contribution in [0.2, 0.25) is 0 Å². The van der Waals surface area contributed by atoms with Gasteiger partial charge in [0, 0.05) is 27.2 Å². The first-order valence-corrected chi connectivity index (χ1v) is 8.88. The lowest BCUT2D eigenvalue weighted by Crippen LogP contribution is -2.47. The van der Waals surface area contributed by atoms with Crippen LogP contribution in [0.3, 0.4) is 0 Å². The zero-order valence-electron chi connectivity index (χ0n) is 12.4. The molecule has 0 aromatic carbocycles. The van der Waals surface area contributed by atoms with Gasteiger partial charge in [-0.3, -0.25) is 4.79 Å². The minimum atomic E-state index is -3.11. The first kappa shape index (κ1) is 15.7. The Kier molecular flexibility index (Phi) is 4.71. The van der Waals surface area contributed by atoms with Crippen LogP contribution in [0.4, 0.5) is 0 Å². The number of amides is 1. The van der Waals surface area contributed by atoms with E-state index in [0.29, 0.717) is 6.42 Å². The third kappa shape index (κ3) is 3.32. The van der Waals surface area contributed by atoms with Crippen LogP contribution in [-0.4, -0.2) is 69.6 Å². The summed E-state index contributed by atoms with van der Waals surface area (Å²) < 4.78 is 24.7. The molecule has 1 N–H and O–H groups in total. The average Bonchev–Trinajstić information content (AvgIpc) is 2.77. The molecule has 2 rings (SSSR count).